The average molecular weight is 220 g/mol. The second-order valence-corrected chi connectivity index (χ2v) is 4.46. The molecule has 0 bridgehead atoms. The minimum atomic E-state index is 0.313. The lowest BCUT2D eigenvalue weighted by Crippen LogP contribution is -2.45. The first-order valence-corrected chi connectivity index (χ1v) is 5.87. The summed E-state index contributed by atoms with van der Waals surface area (Å²) in [5.74, 6) is 0. The molecule has 2 atom stereocenters. The van der Waals surface area contributed by atoms with Crippen molar-refractivity contribution in [2.24, 2.45) is 0 Å². The smallest absolute Gasteiger partial charge is 0.0726 e. The van der Waals surface area contributed by atoms with Gasteiger partial charge in [0.05, 0.1) is 12.2 Å². The molecule has 1 heterocycles. The second kappa shape index (κ2) is 4.74. The van der Waals surface area contributed by atoms with Gasteiger partial charge in [0.2, 0.25) is 0 Å². The van der Waals surface area contributed by atoms with Gasteiger partial charge in [-0.2, -0.15) is 0 Å². The fourth-order valence-corrected chi connectivity index (χ4v) is 2.23. The Morgan fingerprint density at radius 1 is 1.12 bits per heavy atom. The molecule has 1 aromatic rings. The molecule has 3 heteroatoms. The average Bonchev–Trinajstić information content (AvgIpc) is 2.28. The lowest BCUT2D eigenvalue weighted by Gasteiger charge is -2.36. The van der Waals surface area contributed by atoms with Crippen molar-refractivity contribution in [1.29, 1.82) is 0 Å². The maximum absolute atomic E-state index is 5.73. The summed E-state index contributed by atoms with van der Waals surface area (Å²) in [5.41, 5.74) is 2.43. The maximum atomic E-state index is 5.73. The highest BCUT2D eigenvalue weighted by molar-refractivity contribution is 5.55. The van der Waals surface area contributed by atoms with E-state index in [0.29, 0.717) is 12.2 Å². The van der Waals surface area contributed by atoms with Crippen LogP contribution < -0.4 is 10.2 Å². The Hall–Kier alpha value is -1.22. The van der Waals surface area contributed by atoms with Crippen LogP contribution in [0.5, 0.6) is 0 Å². The third-order valence-corrected chi connectivity index (χ3v) is 2.94. The van der Waals surface area contributed by atoms with Gasteiger partial charge in [-0.05, 0) is 38.1 Å². The fourth-order valence-electron chi connectivity index (χ4n) is 2.23. The van der Waals surface area contributed by atoms with Crippen LogP contribution >= 0.6 is 0 Å². The lowest BCUT2D eigenvalue weighted by molar-refractivity contribution is -0.00521. The van der Waals surface area contributed by atoms with Gasteiger partial charge in [-0.3, -0.25) is 0 Å². The van der Waals surface area contributed by atoms with E-state index in [2.05, 4.69) is 48.3 Å². The third-order valence-electron chi connectivity index (χ3n) is 2.94. The predicted molar refractivity (Wildman–Crippen MR) is 68.2 cm³/mol. The van der Waals surface area contributed by atoms with E-state index in [0.717, 1.165) is 18.8 Å². The highest BCUT2D eigenvalue weighted by atomic mass is 16.5. The number of hydrogen-bond donors (Lipinski definition) is 1. The Balaban J connectivity index is 2.10. The van der Waals surface area contributed by atoms with Gasteiger partial charge in [0, 0.05) is 31.5 Å². The van der Waals surface area contributed by atoms with Gasteiger partial charge in [-0.1, -0.05) is 0 Å². The molecular weight excluding hydrogens is 200 g/mol. The molecule has 1 saturated heterocycles. The highest BCUT2D eigenvalue weighted by Gasteiger charge is 2.22. The number of nitrogens with one attached hydrogen (secondary N) is 1. The first kappa shape index (κ1) is 11.3. The molecule has 0 saturated carbocycles. The molecule has 3 nitrogen and oxygen atoms in total. The van der Waals surface area contributed by atoms with Crippen molar-refractivity contribution in [3.63, 3.8) is 0 Å². The summed E-state index contributed by atoms with van der Waals surface area (Å²) < 4.78 is 5.73. The van der Waals surface area contributed by atoms with Crippen LogP contribution in [-0.2, 0) is 4.74 Å². The van der Waals surface area contributed by atoms with E-state index in [1.807, 2.05) is 7.05 Å². The van der Waals surface area contributed by atoms with E-state index in [1.165, 1.54) is 5.69 Å². The number of nitrogens with zero attached hydrogens (tertiary/aromatic N) is 1. The van der Waals surface area contributed by atoms with Crippen LogP contribution in [0.1, 0.15) is 13.8 Å². The number of hydrogen-bond acceptors (Lipinski definition) is 3. The van der Waals surface area contributed by atoms with Gasteiger partial charge >= 0.3 is 0 Å². The van der Waals surface area contributed by atoms with Crippen molar-refractivity contribution < 1.29 is 4.74 Å². The molecule has 88 valence electrons. The van der Waals surface area contributed by atoms with Crippen molar-refractivity contribution in [2.75, 3.05) is 30.4 Å². The van der Waals surface area contributed by atoms with Crippen molar-refractivity contribution >= 4 is 11.4 Å². The van der Waals surface area contributed by atoms with Crippen LogP contribution in [0.25, 0.3) is 0 Å². The van der Waals surface area contributed by atoms with E-state index in [1.54, 1.807) is 0 Å². The summed E-state index contributed by atoms with van der Waals surface area (Å²) in [6.45, 7) is 6.21. The molecule has 1 unspecified atom stereocenters. The topological polar surface area (TPSA) is 24.5 Å². The monoisotopic (exact) mass is 220 g/mol. The van der Waals surface area contributed by atoms with Crippen molar-refractivity contribution in [2.45, 2.75) is 26.1 Å². The van der Waals surface area contributed by atoms with Gasteiger partial charge in [0.15, 0.2) is 0 Å². The van der Waals surface area contributed by atoms with E-state index in [4.69, 9.17) is 4.74 Å². The van der Waals surface area contributed by atoms with Gasteiger partial charge < -0.3 is 15.0 Å². The largest absolute Gasteiger partial charge is 0.388 e. The Morgan fingerprint density at radius 2 is 1.69 bits per heavy atom. The number of anilines is 2. The highest BCUT2D eigenvalue weighted by Crippen LogP contribution is 2.21. The van der Waals surface area contributed by atoms with Crippen LogP contribution in [-0.4, -0.2) is 32.3 Å². The number of ether oxygens (including phenoxy) is 1. The van der Waals surface area contributed by atoms with Gasteiger partial charge in [0.1, 0.15) is 0 Å². The molecule has 1 fully saturated rings. The van der Waals surface area contributed by atoms with Gasteiger partial charge in [0.25, 0.3) is 0 Å². The molecule has 1 aliphatic rings. The molecule has 1 N–H and O–H groups in total. The Labute approximate surface area is 97.4 Å². The quantitative estimate of drug-likeness (QED) is 0.828. The standard InChI is InChI=1S/C13H20N2O/c1-10-8-15(9-11(2)16-10)13-6-4-12(14-3)5-7-13/h4-7,10-11,14H,8-9H2,1-3H3/t10-,11?/m0/s1. The molecule has 16 heavy (non-hydrogen) atoms. The van der Waals surface area contributed by atoms with E-state index < -0.39 is 0 Å². The summed E-state index contributed by atoms with van der Waals surface area (Å²) in [7, 11) is 1.94. The minimum Gasteiger partial charge on any atom is -0.388 e. The molecule has 0 aromatic heterocycles. The van der Waals surface area contributed by atoms with Crippen LogP contribution in [0.3, 0.4) is 0 Å². The van der Waals surface area contributed by atoms with Crippen LogP contribution in [0.15, 0.2) is 24.3 Å². The van der Waals surface area contributed by atoms with Crippen LogP contribution in [0, 0.1) is 0 Å². The number of benzene rings is 1. The number of rotatable bonds is 2. The first-order valence-electron chi connectivity index (χ1n) is 5.87. The summed E-state index contributed by atoms with van der Waals surface area (Å²) in [6, 6.07) is 8.55. The van der Waals surface area contributed by atoms with E-state index in [-0.39, 0.29) is 0 Å². The van der Waals surface area contributed by atoms with Crippen molar-refractivity contribution in [3.05, 3.63) is 24.3 Å². The normalized spacial score (nSPS) is 25.6. The Kier molecular flexibility index (Phi) is 3.34. The summed E-state index contributed by atoms with van der Waals surface area (Å²) >= 11 is 0. The predicted octanol–water partition coefficient (Wildman–Crippen LogP) is 2.34. The fraction of sp³-hybridized carbons (Fsp3) is 0.538. The number of morpholine rings is 1. The molecular formula is C13H20N2O. The van der Waals surface area contributed by atoms with E-state index in [9.17, 15) is 0 Å². The summed E-state index contributed by atoms with van der Waals surface area (Å²) in [4.78, 5) is 2.39. The minimum absolute atomic E-state index is 0.313. The first-order chi connectivity index (χ1) is 7.69. The molecule has 0 aliphatic carbocycles. The Morgan fingerprint density at radius 3 is 2.19 bits per heavy atom. The Bertz CT molecular complexity index is 326. The SMILES string of the molecule is CNc1ccc(N2CC(C)O[C@@H](C)C2)cc1. The molecule has 0 spiro atoms. The van der Waals surface area contributed by atoms with Crippen molar-refractivity contribution in [1.82, 2.24) is 0 Å². The maximum Gasteiger partial charge on any atom is 0.0726 e. The molecule has 0 radical (unpaired) electrons. The van der Waals surface area contributed by atoms with Gasteiger partial charge in [-0.25, -0.2) is 0 Å². The van der Waals surface area contributed by atoms with E-state index >= 15 is 0 Å². The zero-order valence-electron chi connectivity index (χ0n) is 10.2. The van der Waals surface area contributed by atoms with Crippen LogP contribution in [0.2, 0.25) is 0 Å². The molecule has 0 amide bonds. The molecule has 1 aromatic carbocycles. The second-order valence-electron chi connectivity index (χ2n) is 4.46. The van der Waals surface area contributed by atoms with Gasteiger partial charge in [-0.15, -0.1) is 0 Å². The molecule has 1 aliphatic heterocycles. The van der Waals surface area contributed by atoms with Crippen LogP contribution in [0.4, 0.5) is 11.4 Å². The summed E-state index contributed by atoms with van der Waals surface area (Å²) in [6.07, 6.45) is 0.625. The zero-order valence-corrected chi connectivity index (χ0v) is 10.2. The summed E-state index contributed by atoms with van der Waals surface area (Å²) in [5, 5.41) is 3.13. The zero-order chi connectivity index (χ0) is 11.5. The third kappa shape index (κ3) is 2.47. The molecule has 2 rings (SSSR count). The lowest BCUT2D eigenvalue weighted by atomic mass is 10.2. The van der Waals surface area contributed by atoms with Crippen molar-refractivity contribution in [3.8, 4) is 0 Å².